The van der Waals surface area contributed by atoms with Gasteiger partial charge in [0.05, 0.1) is 23.0 Å². The summed E-state index contributed by atoms with van der Waals surface area (Å²) < 4.78 is 15.6. The highest BCUT2D eigenvalue weighted by Gasteiger charge is 2.32. The Hall–Kier alpha value is -2.80. The number of hydrogen-bond acceptors (Lipinski definition) is 4. The van der Waals surface area contributed by atoms with Crippen molar-refractivity contribution in [3.05, 3.63) is 48.0 Å². The lowest BCUT2D eigenvalue weighted by Gasteiger charge is -2.44. The van der Waals surface area contributed by atoms with Gasteiger partial charge in [-0.15, -0.1) is 0 Å². The number of piperidine rings is 1. The molecule has 4 heterocycles. The first-order chi connectivity index (χ1) is 14.1. The Kier molecular flexibility index (Phi) is 4.54. The monoisotopic (exact) mass is 393 g/mol. The first kappa shape index (κ1) is 18.2. The first-order valence-corrected chi connectivity index (χ1v) is 10.2. The average molecular weight is 393 g/mol. The number of carbonyl (C=O) groups is 1. The number of aryl methyl sites for hydroxylation is 1. The number of pyridine rings is 1. The molecule has 150 valence electrons. The van der Waals surface area contributed by atoms with Crippen molar-refractivity contribution in [2.75, 3.05) is 26.2 Å². The van der Waals surface area contributed by atoms with Crippen LogP contribution in [-0.4, -0.2) is 62.7 Å². The molecule has 2 saturated heterocycles. The first-order valence-electron chi connectivity index (χ1n) is 10.2. The van der Waals surface area contributed by atoms with Gasteiger partial charge >= 0.3 is 0 Å². The van der Waals surface area contributed by atoms with Gasteiger partial charge in [-0.25, -0.2) is 9.37 Å². The third-order valence-corrected chi connectivity index (χ3v) is 6.13. The number of carbonyl (C=O) groups excluding carboxylic acids is 1. The van der Waals surface area contributed by atoms with Crippen LogP contribution in [0.4, 0.5) is 4.39 Å². The molecule has 2 aromatic heterocycles. The average Bonchev–Trinajstić information content (AvgIpc) is 3.18. The molecule has 29 heavy (non-hydrogen) atoms. The number of fused-ring (bicyclic) bond motifs is 2. The number of rotatable bonds is 2. The van der Waals surface area contributed by atoms with Crippen LogP contribution in [0.1, 0.15) is 29.6 Å². The largest absolute Gasteiger partial charge is 0.336 e. The molecule has 2 fully saturated rings. The molecular weight excluding hydrogens is 369 g/mol. The van der Waals surface area contributed by atoms with E-state index in [9.17, 15) is 9.18 Å². The van der Waals surface area contributed by atoms with Crippen molar-refractivity contribution >= 4 is 16.8 Å². The molecule has 6 nitrogen and oxygen atoms in total. The van der Waals surface area contributed by atoms with Gasteiger partial charge in [-0.2, -0.15) is 5.10 Å². The molecule has 0 unspecified atom stereocenters. The summed E-state index contributed by atoms with van der Waals surface area (Å²) in [5.41, 5.74) is 2.52. The van der Waals surface area contributed by atoms with Crippen molar-refractivity contribution in [1.82, 2.24) is 24.6 Å². The number of nitrogens with zero attached hydrogens (tertiary/aromatic N) is 5. The predicted octanol–water partition coefficient (Wildman–Crippen LogP) is 3.08. The molecular formula is C22H24FN5O. The van der Waals surface area contributed by atoms with Crippen molar-refractivity contribution in [2.45, 2.75) is 25.3 Å². The Morgan fingerprint density at radius 2 is 2.07 bits per heavy atom. The molecule has 0 radical (unpaired) electrons. The van der Waals surface area contributed by atoms with Gasteiger partial charge in [0.2, 0.25) is 0 Å². The summed E-state index contributed by atoms with van der Waals surface area (Å²) >= 11 is 0. The number of piperazine rings is 1. The van der Waals surface area contributed by atoms with Crippen LogP contribution in [0.25, 0.3) is 22.2 Å². The van der Waals surface area contributed by atoms with Crippen molar-refractivity contribution in [2.24, 2.45) is 7.05 Å². The van der Waals surface area contributed by atoms with Crippen LogP contribution >= 0.6 is 0 Å². The molecule has 2 aliphatic heterocycles. The van der Waals surface area contributed by atoms with E-state index in [2.05, 4.69) is 15.0 Å². The predicted molar refractivity (Wildman–Crippen MR) is 109 cm³/mol. The number of hydrogen-bond donors (Lipinski definition) is 0. The third-order valence-electron chi connectivity index (χ3n) is 6.13. The highest BCUT2D eigenvalue weighted by atomic mass is 19.1. The second-order valence-corrected chi connectivity index (χ2v) is 8.06. The van der Waals surface area contributed by atoms with E-state index in [0.717, 1.165) is 38.2 Å². The summed E-state index contributed by atoms with van der Waals surface area (Å²) in [6.07, 6.45) is 7.18. The minimum absolute atomic E-state index is 0.000582. The van der Waals surface area contributed by atoms with E-state index in [0.29, 0.717) is 28.2 Å². The second kappa shape index (κ2) is 7.22. The fourth-order valence-electron chi connectivity index (χ4n) is 4.59. The highest BCUT2D eigenvalue weighted by molar-refractivity contribution is 6.07. The minimum atomic E-state index is -0.359. The van der Waals surface area contributed by atoms with Gasteiger partial charge in [0.25, 0.3) is 5.91 Å². The zero-order valence-electron chi connectivity index (χ0n) is 16.5. The Morgan fingerprint density at radius 3 is 2.90 bits per heavy atom. The van der Waals surface area contributed by atoms with Crippen LogP contribution < -0.4 is 0 Å². The van der Waals surface area contributed by atoms with Gasteiger partial charge < -0.3 is 4.90 Å². The summed E-state index contributed by atoms with van der Waals surface area (Å²) in [6.45, 7) is 3.54. The van der Waals surface area contributed by atoms with Crippen LogP contribution in [0, 0.1) is 5.82 Å². The van der Waals surface area contributed by atoms with Gasteiger partial charge in [-0.1, -0.05) is 6.42 Å². The lowest BCUT2D eigenvalue weighted by atomic mass is 9.98. The number of halogens is 1. The molecule has 0 N–H and O–H groups in total. The Balaban J connectivity index is 1.55. The fraction of sp³-hybridized carbons (Fsp3) is 0.409. The molecule has 5 rings (SSSR count). The summed E-state index contributed by atoms with van der Waals surface area (Å²) in [5, 5.41) is 4.89. The molecule has 1 aromatic carbocycles. The van der Waals surface area contributed by atoms with E-state index in [1.165, 1.54) is 25.0 Å². The van der Waals surface area contributed by atoms with Crippen LogP contribution in [-0.2, 0) is 7.05 Å². The van der Waals surface area contributed by atoms with Gasteiger partial charge in [-0.05, 0) is 37.6 Å². The fourth-order valence-corrected chi connectivity index (χ4v) is 4.59. The Labute approximate surface area is 168 Å². The molecule has 3 aromatic rings. The maximum absolute atomic E-state index is 13.9. The Bertz CT molecular complexity index is 1080. The molecule has 1 atom stereocenters. The van der Waals surface area contributed by atoms with Crippen molar-refractivity contribution < 1.29 is 9.18 Å². The summed E-state index contributed by atoms with van der Waals surface area (Å²) in [5.74, 6) is -0.359. The van der Waals surface area contributed by atoms with E-state index < -0.39 is 0 Å². The van der Waals surface area contributed by atoms with E-state index in [1.807, 2.05) is 24.2 Å². The summed E-state index contributed by atoms with van der Waals surface area (Å²) in [6, 6.07) is 6.72. The molecule has 2 aliphatic rings. The quantitative estimate of drug-likeness (QED) is 0.671. The van der Waals surface area contributed by atoms with E-state index in [4.69, 9.17) is 0 Å². The summed E-state index contributed by atoms with van der Waals surface area (Å²) in [7, 11) is 1.83. The normalized spacial score (nSPS) is 20.1. The van der Waals surface area contributed by atoms with Crippen LogP contribution in [0.5, 0.6) is 0 Å². The van der Waals surface area contributed by atoms with E-state index >= 15 is 0 Å². The third kappa shape index (κ3) is 3.40. The van der Waals surface area contributed by atoms with Crippen molar-refractivity contribution in [3.8, 4) is 11.3 Å². The Morgan fingerprint density at radius 1 is 1.17 bits per heavy atom. The van der Waals surface area contributed by atoms with Crippen molar-refractivity contribution in [1.29, 1.82) is 0 Å². The smallest absolute Gasteiger partial charge is 0.254 e. The number of aromatic nitrogens is 3. The highest BCUT2D eigenvalue weighted by Crippen LogP contribution is 2.28. The molecule has 0 aliphatic carbocycles. The van der Waals surface area contributed by atoms with Crippen molar-refractivity contribution in [3.63, 3.8) is 0 Å². The van der Waals surface area contributed by atoms with Crippen LogP contribution in [0.3, 0.4) is 0 Å². The lowest BCUT2D eigenvalue weighted by Crippen LogP contribution is -2.56. The molecule has 0 saturated carbocycles. The molecule has 7 heteroatoms. The topological polar surface area (TPSA) is 54.3 Å². The number of amides is 1. The molecule has 1 amide bonds. The SMILES string of the molecule is Cn1cc(-c2cc(C(=O)N3CCN4CCCC[C@H]4C3)c3ccc(F)cc3n2)cn1. The minimum Gasteiger partial charge on any atom is -0.336 e. The lowest BCUT2D eigenvalue weighted by molar-refractivity contribution is 0.0374. The molecule has 0 bridgehead atoms. The van der Waals surface area contributed by atoms with E-state index in [-0.39, 0.29) is 11.7 Å². The number of benzene rings is 1. The van der Waals surface area contributed by atoms with Gasteiger partial charge in [0, 0.05) is 55.9 Å². The molecule has 0 spiro atoms. The second-order valence-electron chi connectivity index (χ2n) is 8.06. The summed E-state index contributed by atoms with van der Waals surface area (Å²) in [4.78, 5) is 22.6. The van der Waals surface area contributed by atoms with Crippen LogP contribution in [0.15, 0.2) is 36.7 Å². The zero-order valence-corrected chi connectivity index (χ0v) is 16.5. The van der Waals surface area contributed by atoms with Crippen LogP contribution in [0.2, 0.25) is 0 Å². The zero-order chi connectivity index (χ0) is 20.0. The van der Waals surface area contributed by atoms with Gasteiger partial charge in [0.1, 0.15) is 5.82 Å². The maximum atomic E-state index is 13.9. The van der Waals surface area contributed by atoms with Gasteiger partial charge in [0.15, 0.2) is 0 Å². The standard InChI is InChI=1S/C22H24FN5O/c1-26-13-15(12-24-26)20-11-19(18-6-5-16(23)10-21(18)25-20)22(29)28-9-8-27-7-3-2-4-17(27)14-28/h5-6,10-13,17H,2-4,7-9,14H2,1H3/t17-/m0/s1. The van der Waals surface area contributed by atoms with Gasteiger partial charge in [-0.3, -0.25) is 14.4 Å². The maximum Gasteiger partial charge on any atom is 0.254 e. The van der Waals surface area contributed by atoms with E-state index in [1.54, 1.807) is 16.9 Å².